The van der Waals surface area contributed by atoms with Crippen molar-refractivity contribution in [1.29, 1.82) is 0 Å². The molecule has 0 aliphatic rings. The van der Waals surface area contributed by atoms with Crippen LogP contribution in [0.4, 0.5) is 4.39 Å². The molecule has 0 saturated heterocycles. The first kappa shape index (κ1) is 22.1. The topological polar surface area (TPSA) is 101 Å². The van der Waals surface area contributed by atoms with Crippen LogP contribution in [-0.4, -0.2) is 29.0 Å². The molecule has 158 valence electrons. The van der Waals surface area contributed by atoms with E-state index in [1.54, 1.807) is 19.9 Å². The molecule has 7 nitrogen and oxygen atoms in total. The monoisotopic (exact) mass is 449 g/mol. The van der Waals surface area contributed by atoms with E-state index in [1.165, 1.54) is 30.3 Å². The normalized spacial score (nSPS) is 13.8. The molecule has 2 aromatic carbocycles. The molecular formula is C20H21ClFN5O2S. The highest BCUT2D eigenvalue weighted by atomic mass is 35.5. The van der Waals surface area contributed by atoms with Crippen molar-refractivity contribution in [2.24, 2.45) is 0 Å². The van der Waals surface area contributed by atoms with E-state index < -0.39 is 27.8 Å². The summed E-state index contributed by atoms with van der Waals surface area (Å²) in [4.78, 5) is -0.0102. The third-order valence-corrected chi connectivity index (χ3v) is 6.84. The van der Waals surface area contributed by atoms with E-state index >= 15 is 0 Å². The van der Waals surface area contributed by atoms with E-state index in [0.29, 0.717) is 16.1 Å². The van der Waals surface area contributed by atoms with Crippen molar-refractivity contribution in [2.45, 2.75) is 37.6 Å². The van der Waals surface area contributed by atoms with Crippen LogP contribution < -0.4 is 4.72 Å². The average molecular weight is 450 g/mol. The largest absolute Gasteiger partial charge is 0.241 e. The number of nitrogens with zero attached hydrogens (tertiary/aromatic N) is 3. The molecule has 0 unspecified atom stereocenters. The average Bonchev–Trinajstić information content (AvgIpc) is 3.23. The number of aryl methyl sites for hydroxylation is 1. The summed E-state index contributed by atoms with van der Waals surface area (Å²) in [5.41, 5.74) is 2.34. The van der Waals surface area contributed by atoms with E-state index in [0.717, 1.165) is 11.1 Å². The maximum Gasteiger partial charge on any atom is 0.241 e. The van der Waals surface area contributed by atoms with Gasteiger partial charge in [0, 0.05) is 10.9 Å². The third-order valence-electron chi connectivity index (χ3n) is 5.09. The summed E-state index contributed by atoms with van der Waals surface area (Å²) in [6, 6.07) is 6.43. The molecule has 0 fully saturated rings. The number of hydrogen-bond donors (Lipinski definition) is 2. The van der Waals surface area contributed by atoms with Crippen molar-refractivity contribution >= 4 is 27.7 Å². The molecular weight excluding hydrogens is 429 g/mol. The van der Waals surface area contributed by atoms with Gasteiger partial charge in [-0.05, 0) is 60.4 Å². The number of benzene rings is 2. The Labute approximate surface area is 179 Å². The van der Waals surface area contributed by atoms with Crippen molar-refractivity contribution in [2.75, 3.05) is 0 Å². The Morgan fingerprint density at radius 3 is 2.63 bits per heavy atom. The van der Waals surface area contributed by atoms with Crippen LogP contribution in [0.5, 0.6) is 0 Å². The zero-order chi connectivity index (χ0) is 22.1. The van der Waals surface area contributed by atoms with Crippen LogP contribution in [0.3, 0.4) is 0 Å². The summed E-state index contributed by atoms with van der Waals surface area (Å²) in [7, 11) is -4.06. The summed E-state index contributed by atoms with van der Waals surface area (Å²) >= 11 is 5.98. The molecule has 0 aliphatic carbocycles. The Kier molecular flexibility index (Phi) is 6.35. The Morgan fingerprint density at radius 2 is 2.00 bits per heavy atom. The molecule has 30 heavy (non-hydrogen) atoms. The van der Waals surface area contributed by atoms with Crippen molar-refractivity contribution in [3.05, 3.63) is 75.8 Å². The van der Waals surface area contributed by atoms with Crippen molar-refractivity contribution in [3.8, 4) is 0 Å². The van der Waals surface area contributed by atoms with Crippen LogP contribution in [0.1, 0.15) is 47.0 Å². The number of aromatic nitrogens is 4. The molecule has 0 radical (unpaired) electrons. The minimum absolute atomic E-state index is 0.0102. The summed E-state index contributed by atoms with van der Waals surface area (Å²) in [5.74, 6) is -0.964. The summed E-state index contributed by atoms with van der Waals surface area (Å²) in [6.45, 7) is 9.02. The molecule has 0 bridgehead atoms. The van der Waals surface area contributed by atoms with Crippen molar-refractivity contribution in [1.82, 2.24) is 25.3 Å². The molecule has 3 rings (SSSR count). The Bertz CT molecular complexity index is 1180. The van der Waals surface area contributed by atoms with Gasteiger partial charge in [0.25, 0.3) is 0 Å². The quantitative estimate of drug-likeness (QED) is 0.566. The van der Waals surface area contributed by atoms with Crippen LogP contribution in [0, 0.1) is 19.7 Å². The second kappa shape index (κ2) is 8.63. The van der Waals surface area contributed by atoms with Gasteiger partial charge in [-0.2, -0.15) is 9.94 Å². The van der Waals surface area contributed by atoms with Gasteiger partial charge in [-0.15, -0.1) is 10.2 Å². The molecule has 1 aromatic heterocycles. The van der Waals surface area contributed by atoms with Crippen LogP contribution in [0.2, 0.25) is 5.02 Å². The van der Waals surface area contributed by atoms with Gasteiger partial charge in [0.15, 0.2) is 5.82 Å². The predicted octanol–water partition coefficient (Wildman–Crippen LogP) is 4.08. The SMILES string of the molecule is C=Cc1cc(Cl)ccc1S(=O)(=O)N[C@H](c1nn[nH]n1)[C@H](C)c1c(F)ccc(C)c1C. The van der Waals surface area contributed by atoms with E-state index in [1.807, 2.05) is 6.92 Å². The number of H-pyrrole nitrogens is 1. The molecule has 2 atom stereocenters. The number of hydrogen-bond acceptors (Lipinski definition) is 5. The van der Waals surface area contributed by atoms with E-state index in [-0.39, 0.29) is 10.7 Å². The smallest absolute Gasteiger partial charge is 0.207 e. The fourth-order valence-electron chi connectivity index (χ4n) is 3.36. The van der Waals surface area contributed by atoms with Crippen LogP contribution in [0.25, 0.3) is 6.08 Å². The number of rotatable bonds is 7. The molecule has 1 heterocycles. The van der Waals surface area contributed by atoms with Gasteiger partial charge in [0.2, 0.25) is 10.0 Å². The van der Waals surface area contributed by atoms with E-state index in [4.69, 9.17) is 11.6 Å². The second-order valence-corrected chi connectivity index (χ2v) is 9.07. The standard InChI is InChI=1S/C20H21ClFN5O2S/c1-5-14-10-15(21)7-9-17(14)30(28,29)25-19(20-23-26-27-24-20)13(4)18-12(3)11(2)6-8-16(18)22/h5-10,13,19,25H,1H2,2-4H3,(H,23,24,26,27)/t13-,19+/m1/s1. The Hall–Kier alpha value is -2.62. The molecule has 0 amide bonds. The first-order chi connectivity index (χ1) is 14.2. The minimum atomic E-state index is -4.06. The van der Waals surface area contributed by atoms with E-state index in [2.05, 4.69) is 31.9 Å². The van der Waals surface area contributed by atoms with Crippen LogP contribution >= 0.6 is 11.6 Å². The summed E-state index contributed by atoms with van der Waals surface area (Å²) in [6.07, 6.45) is 1.40. The maximum absolute atomic E-state index is 14.7. The van der Waals surface area contributed by atoms with Crippen LogP contribution in [-0.2, 0) is 10.0 Å². The number of tetrazole rings is 1. The minimum Gasteiger partial charge on any atom is -0.207 e. The molecule has 0 aliphatic heterocycles. The maximum atomic E-state index is 14.7. The lowest BCUT2D eigenvalue weighted by Gasteiger charge is -2.25. The van der Waals surface area contributed by atoms with Gasteiger partial charge in [0.1, 0.15) is 5.82 Å². The number of sulfonamides is 1. The second-order valence-electron chi connectivity index (χ2n) is 6.95. The van der Waals surface area contributed by atoms with E-state index in [9.17, 15) is 12.8 Å². The molecule has 3 aromatic rings. The van der Waals surface area contributed by atoms with Gasteiger partial charge in [-0.3, -0.25) is 0 Å². The summed E-state index contributed by atoms with van der Waals surface area (Å²) in [5, 5.41) is 14.1. The molecule has 0 saturated carbocycles. The first-order valence-corrected chi connectivity index (χ1v) is 10.9. The Morgan fingerprint density at radius 1 is 1.27 bits per heavy atom. The number of nitrogens with one attached hydrogen (secondary N) is 2. The highest BCUT2D eigenvalue weighted by Crippen LogP contribution is 2.35. The van der Waals surface area contributed by atoms with Crippen LogP contribution in [0.15, 0.2) is 41.8 Å². The number of halogens is 2. The highest BCUT2D eigenvalue weighted by molar-refractivity contribution is 7.89. The fourth-order valence-corrected chi connectivity index (χ4v) is 5.02. The number of aromatic amines is 1. The third kappa shape index (κ3) is 4.28. The predicted molar refractivity (Wildman–Crippen MR) is 113 cm³/mol. The highest BCUT2D eigenvalue weighted by Gasteiger charge is 2.33. The lowest BCUT2D eigenvalue weighted by atomic mass is 9.88. The van der Waals surface area contributed by atoms with Gasteiger partial charge in [-0.1, -0.05) is 42.5 Å². The molecule has 10 heteroatoms. The van der Waals surface area contributed by atoms with Gasteiger partial charge in [0.05, 0.1) is 10.9 Å². The van der Waals surface area contributed by atoms with Gasteiger partial charge < -0.3 is 0 Å². The zero-order valence-electron chi connectivity index (χ0n) is 16.6. The van der Waals surface area contributed by atoms with Crippen molar-refractivity contribution in [3.63, 3.8) is 0 Å². The van der Waals surface area contributed by atoms with Gasteiger partial charge in [-0.25, -0.2) is 12.8 Å². The summed E-state index contributed by atoms with van der Waals surface area (Å²) < 4.78 is 43.8. The van der Waals surface area contributed by atoms with Crippen molar-refractivity contribution < 1.29 is 12.8 Å². The first-order valence-electron chi connectivity index (χ1n) is 9.09. The lowest BCUT2D eigenvalue weighted by molar-refractivity contribution is 0.478. The molecule has 0 spiro atoms. The molecule has 2 N–H and O–H groups in total. The Balaban J connectivity index is 2.09. The fraction of sp³-hybridized carbons (Fsp3) is 0.250. The zero-order valence-corrected chi connectivity index (χ0v) is 18.2. The van der Waals surface area contributed by atoms with Gasteiger partial charge >= 0.3 is 0 Å². The lowest BCUT2D eigenvalue weighted by Crippen LogP contribution is -2.33.